The summed E-state index contributed by atoms with van der Waals surface area (Å²) in [5.41, 5.74) is 4.05. The number of benzene rings is 1. The highest BCUT2D eigenvalue weighted by Crippen LogP contribution is 2.32. The summed E-state index contributed by atoms with van der Waals surface area (Å²) in [5, 5.41) is 4.10. The second-order valence-electron chi connectivity index (χ2n) is 7.13. The van der Waals surface area contributed by atoms with Crippen LogP contribution in [0.15, 0.2) is 48.8 Å². The van der Waals surface area contributed by atoms with E-state index >= 15 is 0 Å². The average molecular weight is 406 g/mol. The Hall–Kier alpha value is -3.48. The summed E-state index contributed by atoms with van der Waals surface area (Å²) in [7, 11) is 3.17. The predicted octanol–water partition coefficient (Wildman–Crippen LogP) is 4.39. The Morgan fingerprint density at radius 2 is 2.10 bits per heavy atom. The molecule has 156 valence electrons. The van der Waals surface area contributed by atoms with E-state index in [4.69, 9.17) is 9.47 Å². The Bertz CT molecular complexity index is 1100. The van der Waals surface area contributed by atoms with Crippen LogP contribution in [-0.4, -0.2) is 47.8 Å². The Morgan fingerprint density at radius 1 is 1.23 bits per heavy atom. The molecule has 0 saturated carbocycles. The molecule has 30 heavy (non-hydrogen) atoms. The third-order valence-corrected chi connectivity index (χ3v) is 5.47. The van der Waals surface area contributed by atoms with Gasteiger partial charge in [0.1, 0.15) is 17.1 Å². The van der Waals surface area contributed by atoms with Gasteiger partial charge in [0, 0.05) is 49.0 Å². The maximum atomic E-state index is 12.8. The molecule has 2 amide bonds. The van der Waals surface area contributed by atoms with Crippen LogP contribution in [-0.2, 0) is 6.54 Å². The number of rotatable bonds is 5. The average Bonchev–Trinajstić information content (AvgIpc) is 3.18. The summed E-state index contributed by atoms with van der Waals surface area (Å²) in [5.74, 6) is 1.25. The molecule has 0 saturated heterocycles. The molecule has 0 aliphatic carbocycles. The number of aryl methyl sites for hydroxylation is 1. The number of carbonyl (C=O) groups excluding carboxylic acids is 1. The van der Waals surface area contributed by atoms with Crippen LogP contribution in [0.1, 0.15) is 18.9 Å². The SMILES string of the molecule is CCn1cc(C2=CCN(C(=O)Nc3cc(OC)ccc3OC)CC2)c2cccnc21. The molecular formula is C23H26N4O3. The number of nitrogens with one attached hydrogen (secondary N) is 1. The second kappa shape index (κ2) is 8.49. The van der Waals surface area contributed by atoms with E-state index in [2.05, 4.69) is 40.1 Å². The molecule has 0 fully saturated rings. The number of nitrogens with zero attached hydrogens (tertiary/aromatic N) is 3. The number of hydrogen-bond donors (Lipinski definition) is 1. The van der Waals surface area contributed by atoms with Gasteiger partial charge in [-0.3, -0.25) is 0 Å². The number of anilines is 1. The first-order valence-corrected chi connectivity index (χ1v) is 10.1. The van der Waals surface area contributed by atoms with E-state index in [1.807, 2.05) is 12.3 Å². The Balaban J connectivity index is 1.51. The topological polar surface area (TPSA) is 68.6 Å². The van der Waals surface area contributed by atoms with E-state index in [0.29, 0.717) is 30.3 Å². The first-order chi connectivity index (χ1) is 14.6. The second-order valence-corrected chi connectivity index (χ2v) is 7.13. The number of hydrogen-bond acceptors (Lipinski definition) is 4. The normalized spacial score (nSPS) is 13.8. The lowest BCUT2D eigenvalue weighted by atomic mass is 10.00. The zero-order valence-electron chi connectivity index (χ0n) is 17.5. The van der Waals surface area contributed by atoms with Gasteiger partial charge in [0.05, 0.1) is 19.9 Å². The third kappa shape index (κ3) is 3.70. The van der Waals surface area contributed by atoms with Crippen molar-refractivity contribution in [2.24, 2.45) is 0 Å². The first-order valence-electron chi connectivity index (χ1n) is 10.1. The van der Waals surface area contributed by atoms with Crippen LogP contribution in [0.3, 0.4) is 0 Å². The monoisotopic (exact) mass is 406 g/mol. The Morgan fingerprint density at radius 3 is 2.80 bits per heavy atom. The first kappa shape index (κ1) is 19.8. The van der Waals surface area contributed by atoms with Crippen LogP contribution in [0.4, 0.5) is 10.5 Å². The van der Waals surface area contributed by atoms with Crippen LogP contribution < -0.4 is 14.8 Å². The molecule has 1 aromatic carbocycles. The summed E-state index contributed by atoms with van der Waals surface area (Å²) < 4.78 is 12.8. The molecule has 0 bridgehead atoms. The fraction of sp³-hybridized carbons (Fsp3) is 0.304. The molecule has 0 atom stereocenters. The number of urea groups is 1. The molecule has 3 aromatic rings. The van der Waals surface area contributed by atoms with Gasteiger partial charge in [0.25, 0.3) is 0 Å². The summed E-state index contributed by atoms with van der Waals surface area (Å²) >= 11 is 0. The molecule has 1 N–H and O–H groups in total. The van der Waals surface area contributed by atoms with Crippen LogP contribution in [0.2, 0.25) is 0 Å². The van der Waals surface area contributed by atoms with Crippen molar-refractivity contribution in [1.82, 2.24) is 14.5 Å². The fourth-order valence-corrected chi connectivity index (χ4v) is 3.82. The number of ether oxygens (including phenoxy) is 2. The van der Waals surface area contributed by atoms with E-state index in [9.17, 15) is 4.79 Å². The standard InChI is InChI=1S/C23H26N4O3/c1-4-26-15-19(18-6-5-11-24-22(18)26)16-9-12-27(13-10-16)23(28)25-20-14-17(29-2)7-8-21(20)30-3/h5-9,11,14-15H,4,10,12-13H2,1-3H3,(H,25,28). The van der Waals surface area contributed by atoms with Gasteiger partial charge in [-0.1, -0.05) is 6.08 Å². The highest BCUT2D eigenvalue weighted by molar-refractivity contribution is 5.94. The van der Waals surface area contributed by atoms with E-state index < -0.39 is 0 Å². The zero-order valence-corrected chi connectivity index (χ0v) is 17.5. The van der Waals surface area contributed by atoms with Gasteiger partial charge in [-0.2, -0.15) is 0 Å². The number of fused-ring (bicyclic) bond motifs is 1. The number of carbonyl (C=O) groups is 1. The predicted molar refractivity (Wildman–Crippen MR) is 118 cm³/mol. The van der Waals surface area contributed by atoms with Crippen molar-refractivity contribution in [2.75, 3.05) is 32.6 Å². The lowest BCUT2D eigenvalue weighted by Crippen LogP contribution is -2.38. The summed E-state index contributed by atoms with van der Waals surface area (Å²) in [6.45, 7) is 4.18. The van der Waals surface area contributed by atoms with E-state index in [1.165, 1.54) is 11.1 Å². The molecule has 0 radical (unpaired) electrons. The molecule has 7 nitrogen and oxygen atoms in total. The highest BCUT2D eigenvalue weighted by Gasteiger charge is 2.21. The molecule has 4 rings (SSSR count). The van der Waals surface area contributed by atoms with Gasteiger partial charge in [-0.15, -0.1) is 0 Å². The van der Waals surface area contributed by atoms with E-state index in [0.717, 1.165) is 24.0 Å². The maximum absolute atomic E-state index is 12.8. The molecule has 7 heteroatoms. The number of aromatic nitrogens is 2. The molecule has 1 aliphatic rings. The Labute approximate surface area is 175 Å². The van der Waals surface area contributed by atoms with Gasteiger partial charge >= 0.3 is 6.03 Å². The summed E-state index contributed by atoms with van der Waals surface area (Å²) in [4.78, 5) is 19.1. The van der Waals surface area contributed by atoms with Gasteiger partial charge in [-0.05, 0) is 43.2 Å². The van der Waals surface area contributed by atoms with Crippen molar-refractivity contribution in [3.05, 3.63) is 54.4 Å². The minimum absolute atomic E-state index is 0.158. The van der Waals surface area contributed by atoms with Crippen LogP contribution in [0.5, 0.6) is 11.5 Å². The molecule has 2 aromatic heterocycles. The molecule has 3 heterocycles. The Kier molecular flexibility index (Phi) is 5.61. The van der Waals surface area contributed by atoms with Crippen LogP contribution in [0.25, 0.3) is 16.6 Å². The highest BCUT2D eigenvalue weighted by atomic mass is 16.5. The van der Waals surface area contributed by atoms with Gasteiger partial charge in [-0.25, -0.2) is 9.78 Å². The van der Waals surface area contributed by atoms with Crippen LogP contribution in [0, 0.1) is 0 Å². The van der Waals surface area contributed by atoms with Gasteiger partial charge in [0.15, 0.2) is 0 Å². The maximum Gasteiger partial charge on any atom is 0.322 e. The van der Waals surface area contributed by atoms with Crippen molar-refractivity contribution in [3.63, 3.8) is 0 Å². The fourth-order valence-electron chi connectivity index (χ4n) is 3.82. The molecule has 0 spiro atoms. The number of methoxy groups -OCH3 is 2. The summed E-state index contributed by atoms with van der Waals surface area (Å²) in [6, 6.07) is 9.25. The van der Waals surface area contributed by atoms with Crippen molar-refractivity contribution in [3.8, 4) is 11.5 Å². The smallest absolute Gasteiger partial charge is 0.322 e. The van der Waals surface area contributed by atoms with E-state index in [-0.39, 0.29) is 6.03 Å². The quantitative estimate of drug-likeness (QED) is 0.682. The van der Waals surface area contributed by atoms with Crippen molar-refractivity contribution < 1.29 is 14.3 Å². The van der Waals surface area contributed by atoms with Crippen molar-refractivity contribution in [1.29, 1.82) is 0 Å². The van der Waals surface area contributed by atoms with Crippen molar-refractivity contribution >= 4 is 28.3 Å². The number of pyridine rings is 1. The van der Waals surface area contributed by atoms with Gasteiger partial charge in [0.2, 0.25) is 0 Å². The third-order valence-electron chi connectivity index (χ3n) is 5.47. The molecule has 0 unspecified atom stereocenters. The zero-order chi connectivity index (χ0) is 21.1. The van der Waals surface area contributed by atoms with Crippen LogP contribution >= 0.6 is 0 Å². The molecular weight excluding hydrogens is 380 g/mol. The van der Waals surface area contributed by atoms with Crippen molar-refractivity contribution in [2.45, 2.75) is 19.9 Å². The largest absolute Gasteiger partial charge is 0.497 e. The number of amides is 2. The van der Waals surface area contributed by atoms with Gasteiger partial charge < -0.3 is 24.3 Å². The minimum atomic E-state index is -0.158. The lowest BCUT2D eigenvalue weighted by molar-refractivity contribution is 0.217. The van der Waals surface area contributed by atoms with E-state index in [1.54, 1.807) is 37.3 Å². The minimum Gasteiger partial charge on any atom is -0.497 e. The lowest BCUT2D eigenvalue weighted by Gasteiger charge is -2.27. The molecule has 1 aliphatic heterocycles. The summed E-state index contributed by atoms with van der Waals surface area (Å²) in [6.07, 6.45) is 6.92.